The quantitative estimate of drug-likeness (QED) is 0.641. The van der Waals surface area contributed by atoms with Crippen molar-refractivity contribution in [3.8, 4) is 0 Å². The summed E-state index contributed by atoms with van der Waals surface area (Å²) in [5.41, 5.74) is 0. The van der Waals surface area contributed by atoms with Crippen LogP contribution in [-0.4, -0.2) is 47.5 Å². The van der Waals surface area contributed by atoms with E-state index in [0.29, 0.717) is 18.7 Å². The van der Waals surface area contributed by atoms with Crippen molar-refractivity contribution in [2.45, 2.75) is 38.8 Å². The molecule has 2 N–H and O–H groups in total. The Morgan fingerprint density at radius 3 is 2.42 bits per heavy atom. The molecule has 2 unspecified atom stereocenters. The van der Waals surface area contributed by atoms with Gasteiger partial charge in [-0.25, -0.2) is 0 Å². The lowest BCUT2D eigenvalue weighted by Crippen LogP contribution is -2.37. The molecular formula is C9H21NO2. The third kappa shape index (κ3) is 3.09. The van der Waals surface area contributed by atoms with E-state index in [2.05, 4.69) is 18.7 Å². The highest BCUT2D eigenvalue weighted by atomic mass is 16.3. The minimum atomic E-state index is 0.296. The highest BCUT2D eigenvalue weighted by Gasteiger charge is 2.23. The van der Waals surface area contributed by atoms with Gasteiger partial charge in [-0.05, 0) is 33.2 Å². The van der Waals surface area contributed by atoms with E-state index in [-0.39, 0.29) is 0 Å². The molecule has 2 atom stereocenters. The van der Waals surface area contributed by atoms with Crippen LogP contribution in [0, 0.1) is 0 Å². The summed E-state index contributed by atoms with van der Waals surface area (Å²) < 4.78 is 0. The standard InChI is InChI=1S/C8H17NO.CH4O/c1-7-4-3-5-9(7)8(2)6-10;1-2/h7-8,10H,3-6H2,1-2H3;2H,1H3. The van der Waals surface area contributed by atoms with Crippen molar-refractivity contribution in [1.82, 2.24) is 4.90 Å². The van der Waals surface area contributed by atoms with Gasteiger partial charge in [-0.15, -0.1) is 0 Å². The van der Waals surface area contributed by atoms with E-state index in [0.717, 1.165) is 7.11 Å². The number of hydrogen-bond donors (Lipinski definition) is 2. The zero-order valence-corrected chi connectivity index (χ0v) is 8.32. The minimum Gasteiger partial charge on any atom is -0.400 e. The molecule has 0 radical (unpaired) electrons. The second kappa shape index (κ2) is 6.40. The molecule has 1 saturated heterocycles. The van der Waals surface area contributed by atoms with Gasteiger partial charge in [0.15, 0.2) is 0 Å². The maximum Gasteiger partial charge on any atom is 0.0584 e. The fourth-order valence-corrected chi connectivity index (χ4v) is 1.72. The molecule has 0 saturated carbocycles. The van der Waals surface area contributed by atoms with Gasteiger partial charge in [-0.3, -0.25) is 4.90 Å². The summed E-state index contributed by atoms with van der Waals surface area (Å²) in [4.78, 5) is 2.38. The SMILES string of the molecule is CC(CO)N1CCCC1C.CO. The molecule has 0 aromatic carbocycles. The van der Waals surface area contributed by atoms with Crippen molar-refractivity contribution < 1.29 is 10.2 Å². The lowest BCUT2D eigenvalue weighted by molar-refractivity contribution is 0.130. The van der Waals surface area contributed by atoms with Crippen LogP contribution < -0.4 is 0 Å². The summed E-state index contributed by atoms with van der Waals surface area (Å²) in [5, 5.41) is 15.9. The van der Waals surface area contributed by atoms with E-state index in [1.165, 1.54) is 19.4 Å². The number of aliphatic hydroxyl groups excluding tert-OH is 2. The maximum atomic E-state index is 8.87. The average Bonchev–Trinajstić information content (AvgIpc) is 2.54. The van der Waals surface area contributed by atoms with Crippen molar-refractivity contribution in [3.63, 3.8) is 0 Å². The summed E-state index contributed by atoms with van der Waals surface area (Å²) in [6, 6.07) is 1.04. The van der Waals surface area contributed by atoms with Gasteiger partial charge in [0, 0.05) is 19.2 Å². The van der Waals surface area contributed by atoms with E-state index in [4.69, 9.17) is 10.2 Å². The molecule has 74 valence electrons. The largest absolute Gasteiger partial charge is 0.400 e. The van der Waals surface area contributed by atoms with Crippen LogP contribution in [0.25, 0.3) is 0 Å². The molecule has 1 heterocycles. The Labute approximate surface area is 75.0 Å². The maximum absolute atomic E-state index is 8.87. The Morgan fingerprint density at radius 1 is 1.50 bits per heavy atom. The fraction of sp³-hybridized carbons (Fsp3) is 1.00. The van der Waals surface area contributed by atoms with Crippen LogP contribution in [0.5, 0.6) is 0 Å². The van der Waals surface area contributed by atoms with E-state index < -0.39 is 0 Å². The molecule has 1 fully saturated rings. The molecule has 1 aliphatic heterocycles. The molecule has 0 aromatic rings. The highest BCUT2D eigenvalue weighted by Crippen LogP contribution is 2.18. The van der Waals surface area contributed by atoms with Crippen LogP contribution in [0.4, 0.5) is 0 Å². The molecule has 1 rings (SSSR count). The number of likely N-dealkylation sites (tertiary alicyclic amines) is 1. The van der Waals surface area contributed by atoms with Gasteiger partial charge in [0.2, 0.25) is 0 Å². The molecule has 0 spiro atoms. The number of rotatable bonds is 2. The topological polar surface area (TPSA) is 43.7 Å². The summed E-state index contributed by atoms with van der Waals surface area (Å²) in [5.74, 6) is 0. The van der Waals surface area contributed by atoms with Crippen LogP contribution in [0.1, 0.15) is 26.7 Å². The molecule has 0 aromatic heterocycles. The van der Waals surface area contributed by atoms with Gasteiger partial charge in [-0.1, -0.05) is 0 Å². The van der Waals surface area contributed by atoms with E-state index in [1.54, 1.807) is 0 Å². The average molecular weight is 175 g/mol. The molecule has 12 heavy (non-hydrogen) atoms. The molecule has 0 bridgehead atoms. The molecular weight excluding hydrogens is 154 g/mol. The fourth-order valence-electron chi connectivity index (χ4n) is 1.72. The smallest absolute Gasteiger partial charge is 0.0584 e. The third-order valence-electron chi connectivity index (χ3n) is 2.43. The Morgan fingerprint density at radius 2 is 2.08 bits per heavy atom. The number of nitrogens with zero attached hydrogens (tertiary/aromatic N) is 1. The van der Waals surface area contributed by atoms with Crippen molar-refractivity contribution in [1.29, 1.82) is 0 Å². The normalized spacial score (nSPS) is 26.2. The monoisotopic (exact) mass is 175 g/mol. The predicted octanol–water partition coefficient (Wildman–Crippen LogP) is 0.460. The first-order chi connectivity index (χ1) is 5.75. The first-order valence-electron chi connectivity index (χ1n) is 4.57. The molecule has 0 amide bonds. The lowest BCUT2D eigenvalue weighted by Gasteiger charge is -2.26. The Kier molecular flexibility index (Phi) is 6.34. The van der Waals surface area contributed by atoms with Gasteiger partial charge in [0.05, 0.1) is 6.61 Å². The Bertz CT molecular complexity index is 109. The van der Waals surface area contributed by atoms with Gasteiger partial charge >= 0.3 is 0 Å². The predicted molar refractivity (Wildman–Crippen MR) is 50.1 cm³/mol. The van der Waals surface area contributed by atoms with Crippen LogP contribution in [0.2, 0.25) is 0 Å². The first kappa shape index (κ1) is 11.9. The summed E-state index contributed by atoms with van der Waals surface area (Å²) in [7, 11) is 1.00. The number of aliphatic hydroxyl groups is 2. The third-order valence-corrected chi connectivity index (χ3v) is 2.43. The molecule has 0 aliphatic carbocycles. The molecule has 1 aliphatic rings. The van der Waals surface area contributed by atoms with Crippen molar-refractivity contribution in [3.05, 3.63) is 0 Å². The Balaban J connectivity index is 0.000000561. The molecule has 3 heteroatoms. The van der Waals surface area contributed by atoms with E-state index >= 15 is 0 Å². The van der Waals surface area contributed by atoms with Gasteiger partial charge < -0.3 is 10.2 Å². The minimum absolute atomic E-state index is 0.296. The summed E-state index contributed by atoms with van der Waals surface area (Å²) >= 11 is 0. The van der Waals surface area contributed by atoms with Crippen molar-refractivity contribution in [2.24, 2.45) is 0 Å². The number of hydrogen-bond acceptors (Lipinski definition) is 3. The second-order valence-corrected chi connectivity index (χ2v) is 3.26. The van der Waals surface area contributed by atoms with Crippen molar-refractivity contribution >= 4 is 0 Å². The Hall–Kier alpha value is -0.120. The zero-order chi connectivity index (χ0) is 9.56. The summed E-state index contributed by atoms with van der Waals surface area (Å²) in [6.45, 7) is 5.79. The van der Waals surface area contributed by atoms with Gasteiger partial charge in [-0.2, -0.15) is 0 Å². The summed E-state index contributed by atoms with van der Waals surface area (Å²) in [6.07, 6.45) is 2.59. The molecule has 3 nitrogen and oxygen atoms in total. The first-order valence-corrected chi connectivity index (χ1v) is 4.57. The van der Waals surface area contributed by atoms with Crippen molar-refractivity contribution in [2.75, 3.05) is 20.3 Å². The van der Waals surface area contributed by atoms with Gasteiger partial charge in [0.1, 0.15) is 0 Å². The lowest BCUT2D eigenvalue weighted by atomic mass is 10.2. The van der Waals surface area contributed by atoms with Crippen LogP contribution in [0.3, 0.4) is 0 Å². The van der Waals surface area contributed by atoms with Crippen LogP contribution >= 0.6 is 0 Å². The van der Waals surface area contributed by atoms with Gasteiger partial charge in [0.25, 0.3) is 0 Å². The van der Waals surface area contributed by atoms with E-state index in [1.807, 2.05) is 0 Å². The van der Waals surface area contributed by atoms with E-state index in [9.17, 15) is 0 Å². The van der Waals surface area contributed by atoms with Crippen LogP contribution in [-0.2, 0) is 0 Å². The second-order valence-electron chi connectivity index (χ2n) is 3.26. The zero-order valence-electron chi connectivity index (χ0n) is 8.32. The highest BCUT2D eigenvalue weighted by molar-refractivity contribution is 4.79. The van der Waals surface area contributed by atoms with Crippen LogP contribution in [0.15, 0.2) is 0 Å².